The third-order valence-corrected chi connectivity index (χ3v) is 5.71. The Morgan fingerprint density at radius 2 is 2.00 bits per heavy atom. The summed E-state index contributed by atoms with van der Waals surface area (Å²) in [5, 5.41) is 13.9. The summed E-state index contributed by atoms with van der Waals surface area (Å²) in [7, 11) is 1.59. The molecule has 1 unspecified atom stereocenters. The molecular weight excluding hydrogens is 431 g/mol. The zero-order valence-corrected chi connectivity index (χ0v) is 18.1. The Bertz CT molecular complexity index is 1270. The molecule has 0 fully saturated rings. The predicted octanol–water partition coefficient (Wildman–Crippen LogP) is 4.97. The first-order valence-corrected chi connectivity index (χ1v) is 10.5. The number of ether oxygens (including phenoxy) is 1. The van der Waals surface area contributed by atoms with Crippen LogP contribution in [-0.2, 0) is 6.42 Å². The van der Waals surface area contributed by atoms with Gasteiger partial charge < -0.3 is 20.1 Å². The largest absolute Gasteiger partial charge is 0.496 e. The lowest BCUT2D eigenvalue weighted by molar-refractivity contribution is 0.0916. The minimum absolute atomic E-state index is 0.260. The van der Waals surface area contributed by atoms with Crippen LogP contribution in [0.2, 0.25) is 5.02 Å². The van der Waals surface area contributed by atoms with Gasteiger partial charge in [-0.1, -0.05) is 35.9 Å². The van der Waals surface area contributed by atoms with Gasteiger partial charge in [0, 0.05) is 22.7 Å². The minimum atomic E-state index is -0.544. The monoisotopic (exact) mass is 452 g/mol. The fraction of sp³-hybridized carbons (Fsp3) is 0.160. The quantitative estimate of drug-likeness (QED) is 0.370. The van der Waals surface area contributed by atoms with Crippen molar-refractivity contribution < 1.29 is 19.0 Å². The Balaban J connectivity index is 1.56. The van der Waals surface area contributed by atoms with Crippen LogP contribution in [0.3, 0.4) is 0 Å². The van der Waals surface area contributed by atoms with Crippen LogP contribution in [-0.4, -0.2) is 35.8 Å². The van der Waals surface area contributed by atoms with Crippen molar-refractivity contribution >= 4 is 28.4 Å². The van der Waals surface area contributed by atoms with Crippen molar-refractivity contribution in [2.45, 2.75) is 12.5 Å². The first-order chi connectivity index (χ1) is 15.5. The molecule has 0 radical (unpaired) electrons. The molecule has 5 nitrogen and oxygen atoms in total. The number of para-hydroxylation sites is 1. The maximum atomic E-state index is 13.4. The Morgan fingerprint density at radius 3 is 2.78 bits per heavy atom. The van der Waals surface area contributed by atoms with Crippen LogP contribution in [0, 0.1) is 5.82 Å². The van der Waals surface area contributed by atoms with E-state index in [9.17, 15) is 14.3 Å². The Hall–Kier alpha value is -3.35. The normalized spacial score (nSPS) is 12.0. The second kappa shape index (κ2) is 9.42. The van der Waals surface area contributed by atoms with E-state index in [0.717, 1.165) is 22.1 Å². The van der Waals surface area contributed by atoms with Crippen LogP contribution >= 0.6 is 11.6 Å². The van der Waals surface area contributed by atoms with Gasteiger partial charge in [-0.3, -0.25) is 4.79 Å². The number of aliphatic hydroxyl groups is 1. The SMILES string of the molecule is COc1ccccc1-c1ccc(Cl)c(C(=O)NC(CO)Cc2c[nH]c3cc(F)ccc23)c1. The Labute approximate surface area is 189 Å². The van der Waals surface area contributed by atoms with Gasteiger partial charge in [0.05, 0.1) is 30.3 Å². The molecule has 0 aliphatic rings. The zero-order chi connectivity index (χ0) is 22.7. The van der Waals surface area contributed by atoms with Gasteiger partial charge in [0.15, 0.2) is 0 Å². The van der Waals surface area contributed by atoms with Crippen LogP contribution in [0.4, 0.5) is 4.39 Å². The number of H-pyrrole nitrogens is 1. The number of methoxy groups -OCH3 is 1. The lowest BCUT2D eigenvalue weighted by Crippen LogP contribution is -2.39. The average molecular weight is 453 g/mol. The van der Waals surface area contributed by atoms with E-state index in [0.29, 0.717) is 28.3 Å². The fourth-order valence-corrected chi connectivity index (χ4v) is 3.97. The van der Waals surface area contributed by atoms with Crippen molar-refractivity contribution in [1.82, 2.24) is 10.3 Å². The molecule has 1 aromatic heterocycles. The molecule has 0 aliphatic heterocycles. The van der Waals surface area contributed by atoms with Crippen LogP contribution in [0.5, 0.6) is 5.75 Å². The van der Waals surface area contributed by atoms with Gasteiger partial charge in [-0.05, 0) is 53.9 Å². The lowest BCUT2D eigenvalue weighted by atomic mass is 10.0. The van der Waals surface area contributed by atoms with E-state index < -0.39 is 11.9 Å². The van der Waals surface area contributed by atoms with Gasteiger partial charge in [0.2, 0.25) is 0 Å². The molecule has 0 saturated carbocycles. The highest BCUT2D eigenvalue weighted by Crippen LogP contribution is 2.32. The molecule has 7 heteroatoms. The predicted molar refractivity (Wildman–Crippen MR) is 124 cm³/mol. The number of amides is 1. The van der Waals surface area contributed by atoms with Gasteiger partial charge >= 0.3 is 0 Å². The average Bonchev–Trinajstić information content (AvgIpc) is 3.20. The van der Waals surface area contributed by atoms with E-state index >= 15 is 0 Å². The smallest absolute Gasteiger partial charge is 0.253 e. The van der Waals surface area contributed by atoms with Gasteiger partial charge in [0.25, 0.3) is 5.91 Å². The molecule has 1 heterocycles. The van der Waals surface area contributed by atoms with E-state index in [1.807, 2.05) is 30.3 Å². The van der Waals surface area contributed by atoms with E-state index in [2.05, 4.69) is 10.3 Å². The molecule has 3 aromatic carbocycles. The molecule has 1 atom stereocenters. The maximum absolute atomic E-state index is 13.4. The number of hydrogen-bond donors (Lipinski definition) is 3. The molecule has 0 aliphatic carbocycles. The first kappa shape index (κ1) is 21.9. The molecule has 0 saturated heterocycles. The molecule has 32 heavy (non-hydrogen) atoms. The van der Waals surface area contributed by atoms with Crippen molar-refractivity contribution in [3.05, 3.63) is 88.8 Å². The second-order valence-corrected chi connectivity index (χ2v) is 7.86. The number of benzene rings is 3. The maximum Gasteiger partial charge on any atom is 0.253 e. The van der Waals surface area contributed by atoms with Crippen LogP contribution in [0.15, 0.2) is 66.9 Å². The van der Waals surface area contributed by atoms with Crippen molar-refractivity contribution in [1.29, 1.82) is 0 Å². The highest BCUT2D eigenvalue weighted by molar-refractivity contribution is 6.34. The lowest BCUT2D eigenvalue weighted by Gasteiger charge is -2.17. The molecular formula is C25H22ClFN2O3. The molecule has 4 rings (SSSR count). The Morgan fingerprint density at radius 1 is 1.19 bits per heavy atom. The van der Waals surface area contributed by atoms with Gasteiger partial charge in [-0.25, -0.2) is 4.39 Å². The molecule has 3 N–H and O–H groups in total. The fourth-order valence-electron chi connectivity index (χ4n) is 3.77. The molecule has 0 bridgehead atoms. The number of hydrogen-bond acceptors (Lipinski definition) is 3. The number of nitrogens with one attached hydrogen (secondary N) is 2. The summed E-state index contributed by atoms with van der Waals surface area (Å²) >= 11 is 6.32. The second-order valence-electron chi connectivity index (χ2n) is 7.46. The van der Waals surface area contributed by atoms with Gasteiger partial charge in [-0.15, -0.1) is 0 Å². The van der Waals surface area contributed by atoms with E-state index in [4.69, 9.17) is 16.3 Å². The summed E-state index contributed by atoms with van der Waals surface area (Å²) < 4.78 is 18.9. The standard InChI is InChI=1S/C25H22ClFN2O3/c1-32-24-5-3-2-4-20(24)15-6-9-22(26)21(11-15)25(31)29-18(14-30)10-16-13-28-23-12-17(27)7-8-19(16)23/h2-9,11-13,18,28,30H,10,14H2,1H3,(H,29,31). The van der Waals surface area contributed by atoms with Crippen LogP contribution in [0.1, 0.15) is 15.9 Å². The van der Waals surface area contributed by atoms with Crippen molar-refractivity contribution in [2.75, 3.05) is 13.7 Å². The van der Waals surface area contributed by atoms with E-state index in [1.54, 1.807) is 31.5 Å². The van der Waals surface area contributed by atoms with Crippen molar-refractivity contribution in [3.8, 4) is 16.9 Å². The summed E-state index contributed by atoms with van der Waals surface area (Å²) in [6, 6.07) is 16.6. The highest BCUT2D eigenvalue weighted by Gasteiger charge is 2.19. The number of fused-ring (bicyclic) bond motifs is 1. The van der Waals surface area contributed by atoms with Crippen LogP contribution < -0.4 is 10.1 Å². The van der Waals surface area contributed by atoms with E-state index in [1.165, 1.54) is 12.1 Å². The molecule has 0 spiro atoms. The minimum Gasteiger partial charge on any atom is -0.496 e. The summed E-state index contributed by atoms with van der Waals surface area (Å²) in [5.74, 6) is -0.0376. The molecule has 1 amide bonds. The van der Waals surface area contributed by atoms with Crippen LogP contribution in [0.25, 0.3) is 22.0 Å². The first-order valence-electron chi connectivity index (χ1n) is 10.1. The summed E-state index contributed by atoms with van der Waals surface area (Å²) in [6.07, 6.45) is 2.13. The highest BCUT2D eigenvalue weighted by atomic mass is 35.5. The number of carbonyl (C=O) groups excluding carboxylic acids is 1. The number of carbonyl (C=O) groups is 1. The van der Waals surface area contributed by atoms with Gasteiger partial charge in [-0.2, -0.15) is 0 Å². The third kappa shape index (κ3) is 4.47. The zero-order valence-electron chi connectivity index (χ0n) is 17.4. The number of rotatable bonds is 7. The van der Waals surface area contributed by atoms with Crippen molar-refractivity contribution in [2.24, 2.45) is 0 Å². The Kier molecular flexibility index (Phi) is 6.44. The molecule has 4 aromatic rings. The van der Waals surface area contributed by atoms with E-state index in [-0.39, 0.29) is 12.4 Å². The molecule has 164 valence electrons. The summed E-state index contributed by atoms with van der Waals surface area (Å²) in [6.45, 7) is -0.260. The summed E-state index contributed by atoms with van der Waals surface area (Å²) in [4.78, 5) is 16.0. The van der Waals surface area contributed by atoms with Crippen molar-refractivity contribution in [3.63, 3.8) is 0 Å². The third-order valence-electron chi connectivity index (χ3n) is 5.38. The number of aromatic amines is 1. The number of halogens is 2. The summed E-state index contributed by atoms with van der Waals surface area (Å²) in [5.41, 5.74) is 3.46. The van der Waals surface area contributed by atoms with Gasteiger partial charge in [0.1, 0.15) is 11.6 Å². The topological polar surface area (TPSA) is 74.3 Å². The number of aliphatic hydroxyl groups excluding tert-OH is 1. The number of aromatic nitrogens is 1.